The SMILES string of the molecule is COc1ccc(CNCc2ccc(Cn3cncn3)cc2)cc1OC(F)F.Cl. The summed E-state index contributed by atoms with van der Waals surface area (Å²) >= 11 is 0. The highest BCUT2D eigenvalue weighted by Crippen LogP contribution is 2.29. The van der Waals surface area contributed by atoms with E-state index in [1.54, 1.807) is 23.1 Å². The molecule has 3 rings (SSSR count). The van der Waals surface area contributed by atoms with Crippen LogP contribution in [0.2, 0.25) is 0 Å². The maximum absolute atomic E-state index is 12.5. The van der Waals surface area contributed by atoms with Crippen molar-refractivity contribution >= 4 is 12.4 Å². The average Bonchev–Trinajstić information content (AvgIpc) is 3.16. The number of aromatic nitrogens is 3. The fraction of sp³-hybridized carbons (Fsp3) is 0.263. The van der Waals surface area contributed by atoms with Crippen LogP contribution in [0.3, 0.4) is 0 Å². The Morgan fingerprint density at radius 3 is 2.32 bits per heavy atom. The van der Waals surface area contributed by atoms with Crippen LogP contribution in [-0.4, -0.2) is 28.5 Å². The maximum Gasteiger partial charge on any atom is 0.387 e. The molecule has 1 N–H and O–H groups in total. The van der Waals surface area contributed by atoms with Gasteiger partial charge in [0.25, 0.3) is 0 Å². The Morgan fingerprint density at radius 2 is 1.68 bits per heavy atom. The second-order valence-corrected chi connectivity index (χ2v) is 5.88. The Balaban J connectivity index is 0.00000280. The Morgan fingerprint density at radius 1 is 1.00 bits per heavy atom. The van der Waals surface area contributed by atoms with Gasteiger partial charge < -0.3 is 14.8 Å². The molecule has 28 heavy (non-hydrogen) atoms. The Hall–Kier alpha value is -2.71. The molecule has 0 radical (unpaired) electrons. The number of nitrogens with one attached hydrogen (secondary N) is 1. The minimum atomic E-state index is -2.89. The highest BCUT2D eigenvalue weighted by atomic mass is 35.5. The minimum absolute atomic E-state index is 0. The van der Waals surface area contributed by atoms with Crippen LogP contribution < -0.4 is 14.8 Å². The molecule has 2 aromatic carbocycles. The van der Waals surface area contributed by atoms with Crippen molar-refractivity contribution in [1.82, 2.24) is 20.1 Å². The van der Waals surface area contributed by atoms with Gasteiger partial charge in [-0.25, -0.2) is 9.67 Å². The van der Waals surface area contributed by atoms with Crippen LogP contribution in [0.1, 0.15) is 16.7 Å². The van der Waals surface area contributed by atoms with Crippen molar-refractivity contribution in [3.05, 3.63) is 71.8 Å². The second kappa shape index (κ2) is 10.6. The van der Waals surface area contributed by atoms with E-state index in [-0.39, 0.29) is 23.9 Å². The lowest BCUT2D eigenvalue weighted by atomic mass is 10.1. The number of alkyl halides is 2. The molecular formula is C19H21ClF2N4O2. The molecule has 9 heteroatoms. The topological polar surface area (TPSA) is 61.2 Å². The molecule has 0 aliphatic heterocycles. The Bertz CT molecular complexity index is 846. The lowest BCUT2D eigenvalue weighted by Gasteiger charge is -2.12. The quantitative estimate of drug-likeness (QED) is 0.583. The third-order valence-electron chi connectivity index (χ3n) is 3.94. The van der Waals surface area contributed by atoms with E-state index in [9.17, 15) is 8.78 Å². The number of rotatable bonds is 9. The molecule has 150 valence electrons. The van der Waals surface area contributed by atoms with E-state index in [4.69, 9.17) is 4.74 Å². The summed E-state index contributed by atoms with van der Waals surface area (Å²) in [6.45, 7) is -1.05. The van der Waals surface area contributed by atoms with Gasteiger partial charge in [-0.15, -0.1) is 12.4 Å². The Labute approximate surface area is 167 Å². The average molecular weight is 411 g/mol. The van der Waals surface area contributed by atoms with Crippen molar-refractivity contribution in [1.29, 1.82) is 0 Å². The van der Waals surface area contributed by atoms with Crippen LogP contribution in [0.4, 0.5) is 8.78 Å². The Kier molecular flexibility index (Phi) is 8.16. The number of methoxy groups -OCH3 is 1. The third kappa shape index (κ3) is 6.17. The first kappa shape index (κ1) is 21.6. The van der Waals surface area contributed by atoms with Gasteiger partial charge in [0.1, 0.15) is 12.7 Å². The predicted octanol–water partition coefficient (Wildman–Crippen LogP) is 3.65. The molecule has 0 aliphatic rings. The molecule has 0 atom stereocenters. The summed E-state index contributed by atoms with van der Waals surface area (Å²) in [4.78, 5) is 3.92. The molecule has 6 nitrogen and oxygen atoms in total. The van der Waals surface area contributed by atoms with Gasteiger partial charge in [0.05, 0.1) is 13.7 Å². The predicted molar refractivity (Wildman–Crippen MR) is 103 cm³/mol. The van der Waals surface area contributed by atoms with Gasteiger partial charge in [0.2, 0.25) is 0 Å². The minimum Gasteiger partial charge on any atom is -0.493 e. The molecule has 0 spiro atoms. The summed E-state index contributed by atoms with van der Waals surface area (Å²) in [5.74, 6) is 0.311. The highest BCUT2D eigenvalue weighted by Gasteiger charge is 2.11. The molecule has 0 bridgehead atoms. The van der Waals surface area contributed by atoms with E-state index in [0.29, 0.717) is 19.6 Å². The van der Waals surface area contributed by atoms with Crippen LogP contribution in [0.15, 0.2) is 55.1 Å². The highest BCUT2D eigenvalue weighted by molar-refractivity contribution is 5.85. The van der Waals surface area contributed by atoms with E-state index in [2.05, 4.69) is 20.1 Å². The van der Waals surface area contributed by atoms with Crippen LogP contribution >= 0.6 is 12.4 Å². The van der Waals surface area contributed by atoms with E-state index in [0.717, 1.165) is 16.7 Å². The van der Waals surface area contributed by atoms with E-state index in [1.165, 1.54) is 13.4 Å². The van der Waals surface area contributed by atoms with Crippen molar-refractivity contribution in [3.63, 3.8) is 0 Å². The number of benzene rings is 2. The summed E-state index contributed by atoms with van der Waals surface area (Å²) in [7, 11) is 1.41. The van der Waals surface area contributed by atoms with Crippen LogP contribution in [0, 0.1) is 0 Å². The van der Waals surface area contributed by atoms with Crippen LogP contribution in [-0.2, 0) is 19.6 Å². The number of halogens is 3. The van der Waals surface area contributed by atoms with Gasteiger partial charge in [0, 0.05) is 13.1 Å². The molecule has 0 aliphatic carbocycles. The van der Waals surface area contributed by atoms with Gasteiger partial charge in [-0.2, -0.15) is 13.9 Å². The summed E-state index contributed by atoms with van der Waals surface area (Å²) in [6, 6.07) is 13.1. The largest absolute Gasteiger partial charge is 0.493 e. The summed E-state index contributed by atoms with van der Waals surface area (Å²) in [5.41, 5.74) is 3.08. The zero-order valence-corrected chi connectivity index (χ0v) is 16.0. The van der Waals surface area contributed by atoms with Crippen molar-refractivity contribution in [3.8, 4) is 11.5 Å². The lowest BCUT2D eigenvalue weighted by Crippen LogP contribution is -2.13. The molecule has 0 amide bonds. The summed E-state index contributed by atoms with van der Waals surface area (Å²) in [6.07, 6.45) is 3.19. The molecular weight excluding hydrogens is 390 g/mol. The van der Waals surface area contributed by atoms with Crippen LogP contribution in [0.25, 0.3) is 0 Å². The van der Waals surface area contributed by atoms with Crippen molar-refractivity contribution in [2.75, 3.05) is 7.11 Å². The van der Waals surface area contributed by atoms with Gasteiger partial charge in [0.15, 0.2) is 11.5 Å². The standard InChI is InChI=1S/C19H20F2N4O2.ClH/c1-26-17-7-6-16(8-18(17)27-19(20)21)10-22-9-14-2-4-15(5-3-14)11-25-13-23-12-24-25;/h2-8,12-13,19,22H,9-11H2,1H3;1H. The van der Waals surface area contributed by atoms with Gasteiger partial charge in [-0.3, -0.25) is 0 Å². The fourth-order valence-electron chi connectivity index (χ4n) is 2.63. The molecule has 0 unspecified atom stereocenters. The van der Waals surface area contributed by atoms with Gasteiger partial charge in [-0.05, 0) is 28.8 Å². The summed E-state index contributed by atoms with van der Waals surface area (Å²) < 4.78 is 36.3. The zero-order valence-electron chi connectivity index (χ0n) is 15.2. The van der Waals surface area contributed by atoms with E-state index >= 15 is 0 Å². The number of nitrogens with zero attached hydrogens (tertiary/aromatic N) is 3. The van der Waals surface area contributed by atoms with Crippen molar-refractivity contribution in [2.45, 2.75) is 26.2 Å². The first-order valence-corrected chi connectivity index (χ1v) is 8.36. The van der Waals surface area contributed by atoms with Crippen molar-refractivity contribution < 1.29 is 18.3 Å². The summed E-state index contributed by atoms with van der Waals surface area (Å²) in [5, 5.41) is 7.37. The molecule has 1 aromatic heterocycles. The lowest BCUT2D eigenvalue weighted by molar-refractivity contribution is -0.0512. The monoisotopic (exact) mass is 410 g/mol. The van der Waals surface area contributed by atoms with Gasteiger partial charge in [-0.1, -0.05) is 30.3 Å². The second-order valence-electron chi connectivity index (χ2n) is 5.88. The fourth-order valence-corrected chi connectivity index (χ4v) is 2.63. The third-order valence-corrected chi connectivity index (χ3v) is 3.94. The van der Waals surface area contributed by atoms with E-state index < -0.39 is 6.61 Å². The molecule has 0 saturated carbocycles. The van der Waals surface area contributed by atoms with Gasteiger partial charge >= 0.3 is 6.61 Å². The van der Waals surface area contributed by atoms with Crippen molar-refractivity contribution in [2.24, 2.45) is 0 Å². The van der Waals surface area contributed by atoms with E-state index in [1.807, 2.05) is 30.3 Å². The normalized spacial score (nSPS) is 10.6. The molecule has 3 aromatic rings. The molecule has 0 fully saturated rings. The number of ether oxygens (including phenoxy) is 2. The molecule has 0 saturated heterocycles. The number of hydrogen-bond acceptors (Lipinski definition) is 5. The first-order valence-electron chi connectivity index (χ1n) is 8.36. The smallest absolute Gasteiger partial charge is 0.387 e. The zero-order chi connectivity index (χ0) is 19.1. The maximum atomic E-state index is 12.5. The first-order chi connectivity index (χ1) is 13.1. The molecule has 1 heterocycles. The number of hydrogen-bond donors (Lipinski definition) is 1. The van der Waals surface area contributed by atoms with Crippen LogP contribution in [0.5, 0.6) is 11.5 Å².